The predicted molar refractivity (Wildman–Crippen MR) is 261 cm³/mol. The molecular weight excluding hydrogens is 1020 g/mol. The Labute approximate surface area is 449 Å². The Morgan fingerprint density at radius 2 is 1.05 bits per heavy atom. The first kappa shape index (κ1) is 59.0. The SMILES string of the molecule is CC1OC(OC2C(OC3C(OC4CCC5(C)C(CCC6(C)C5CCC57OCC8(CCC(C)(C=O)CC85)C(O)CC67C)C4(C)C)OC(CO)C(O)C3OC3OC(CO)C(O)C(O)C3O)OC(CO)C(O)C2O)C(O)C(O)C1O. The first-order valence-corrected chi connectivity index (χ1v) is 28.1. The minimum absolute atomic E-state index is 0.0394. The monoisotopic (exact) mass is 1100 g/mol. The van der Waals surface area contributed by atoms with E-state index in [1.54, 1.807) is 0 Å². The molecule has 5 aliphatic carbocycles. The van der Waals surface area contributed by atoms with E-state index < -0.39 is 177 Å². The summed E-state index contributed by atoms with van der Waals surface area (Å²) in [6, 6.07) is 0. The quantitative estimate of drug-likeness (QED) is 0.0732. The van der Waals surface area contributed by atoms with Crippen LogP contribution < -0.4 is 0 Å². The number of hydrogen-bond donors (Lipinski definition) is 13. The third-order valence-corrected chi connectivity index (χ3v) is 22.7. The molecule has 31 atom stereocenters. The molecule has 0 aromatic rings. The van der Waals surface area contributed by atoms with Crippen molar-refractivity contribution in [3.05, 3.63) is 0 Å². The number of ether oxygens (including phenoxy) is 9. The Balaban J connectivity index is 0.968. The predicted octanol–water partition coefficient (Wildman–Crippen LogP) is -2.14. The number of fused-ring (bicyclic) bond motifs is 4. The van der Waals surface area contributed by atoms with Crippen molar-refractivity contribution in [3.63, 3.8) is 0 Å². The Kier molecular flexibility index (Phi) is 16.0. The van der Waals surface area contributed by atoms with Gasteiger partial charge in [0.15, 0.2) is 25.2 Å². The van der Waals surface area contributed by atoms with E-state index in [0.717, 1.165) is 44.8 Å². The first-order valence-electron chi connectivity index (χ1n) is 28.1. The Morgan fingerprint density at radius 3 is 1.69 bits per heavy atom. The van der Waals surface area contributed by atoms with E-state index in [4.69, 9.17) is 42.6 Å². The van der Waals surface area contributed by atoms with E-state index in [9.17, 15) is 71.2 Å². The summed E-state index contributed by atoms with van der Waals surface area (Å²) in [5, 5.41) is 143. The van der Waals surface area contributed by atoms with Crippen LogP contribution in [0.2, 0.25) is 0 Å². The molecule has 77 heavy (non-hydrogen) atoms. The molecule has 0 aromatic heterocycles. The summed E-state index contributed by atoms with van der Waals surface area (Å²) in [6.45, 7) is 12.8. The summed E-state index contributed by atoms with van der Waals surface area (Å²) in [7, 11) is 0. The lowest BCUT2D eigenvalue weighted by molar-refractivity contribution is -0.411. The zero-order valence-corrected chi connectivity index (χ0v) is 45.3. The van der Waals surface area contributed by atoms with E-state index >= 15 is 0 Å². The first-order chi connectivity index (χ1) is 36.2. The van der Waals surface area contributed by atoms with Gasteiger partial charge in [-0.1, -0.05) is 41.5 Å². The van der Waals surface area contributed by atoms with Gasteiger partial charge >= 0.3 is 0 Å². The van der Waals surface area contributed by atoms with Gasteiger partial charge in [-0.3, -0.25) is 0 Å². The van der Waals surface area contributed by atoms with E-state index in [0.29, 0.717) is 32.3 Å². The lowest BCUT2D eigenvalue weighted by atomic mass is 9.30. The largest absolute Gasteiger partial charge is 0.394 e. The molecule has 13 N–H and O–H groups in total. The van der Waals surface area contributed by atoms with Gasteiger partial charge in [-0.2, -0.15) is 0 Å². The van der Waals surface area contributed by atoms with Crippen LogP contribution in [-0.4, -0.2) is 240 Å². The van der Waals surface area contributed by atoms with Gasteiger partial charge in [0.25, 0.3) is 0 Å². The van der Waals surface area contributed by atoms with Gasteiger partial charge in [0.1, 0.15) is 97.8 Å². The third kappa shape index (κ3) is 8.83. The lowest BCUT2D eigenvalue weighted by Gasteiger charge is -2.75. The number of aliphatic hydroxyl groups is 13. The lowest BCUT2D eigenvalue weighted by Crippen LogP contribution is -2.74. The highest BCUT2D eigenvalue weighted by Gasteiger charge is 2.80. The zero-order chi connectivity index (χ0) is 55.9. The molecular formula is C54H88O23. The van der Waals surface area contributed by atoms with Crippen LogP contribution in [0.1, 0.15) is 113 Å². The second-order valence-electron chi connectivity index (χ2n) is 26.7. The third-order valence-electron chi connectivity index (χ3n) is 22.7. The highest BCUT2D eigenvalue weighted by Crippen LogP contribution is 2.80. The summed E-state index contributed by atoms with van der Waals surface area (Å²) in [4.78, 5) is 12.6. The standard InChI is InChI=1S/C54H88O23/c1-23-32(60)36(64)39(67)44(70-23)76-42-38(66)34(62)25(19-56)72-46(42)77-43-41(75-45-40(68)37(65)33(61)24(18-55)71-45)35(63)26(20-57)73-47(43)74-31-10-11-50(5)27(48(31,2)3)8-12-51(6)28(50)9-13-54-29-16-49(4,21-58)14-15-53(29,22-69-54)30(59)17-52(51,54)7/h21,23-47,55-57,59-68H,8-20,22H2,1-7H3. The van der Waals surface area contributed by atoms with Crippen LogP contribution in [0.3, 0.4) is 0 Å². The van der Waals surface area contributed by atoms with E-state index in [2.05, 4.69) is 34.6 Å². The average Bonchev–Trinajstić information content (AvgIpc) is 3.76. The van der Waals surface area contributed by atoms with Crippen LogP contribution in [0.15, 0.2) is 0 Å². The van der Waals surface area contributed by atoms with Crippen LogP contribution in [0.4, 0.5) is 0 Å². The van der Waals surface area contributed by atoms with Crippen LogP contribution in [0, 0.1) is 50.2 Å². The van der Waals surface area contributed by atoms with Crippen molar-refractivity contribution in [1.82, 2.24) is 0 Å². The molecule has 31 unspecified atom stereocenters. The van der Waals surface area contributed by atoms with Gasteiger partial charge in [-0.05, 0) is 105 Å². The van der Waals surface area contributed by atoms with Crippen LogP contribution in [0.5, 0.6) is 0 Å². The molecule has 10 rings (SSSR count). The smallest absolute Gasteiger partial charge is 0.187 e. The van der Waals surface area contributed by atoms with Crippen molar-refractivity contribution in [2.24, 2.45) is 50.2 Å². The molecule has 0 amide bonds. The fraction of sp³-hybridized carbons (Fsp3) is 0.981. The summed E-state index contributed by atoms with van der Waals surface area (Å²) in [5.74, 6) is 0.276. The molecule has 2 bridgehead atoms. The molecule has 5 saturated heterocycles. The van der Waals surface area contributed by atoms with Crippen LogP contribution in [-0.2, 0) is 47.4 Å². The number of aliphatic hydroxyl groups excluding tert-OH is 13. The van der Waals surface area contributed by atoms with Gasteiger partial charge in [-0.15, -0.1) is 0 Å². The van der Waals surface area contributed by atoms with Crippen molar-refractivity contribution >= 4 is 6.29 Å². The maximum Gasteiger partial charge on any atom is 0.187 e. The van der Waals surface area contributed by atoms with E-state index in [-0.39, 0.29) is 34.0 Å². The van der Waals surface area contributed by atoms with Crippen molar-refractivity contribution in [2.75, 3.05) is 26.4 Å². The highest BCUT2D eigenvalue weighted by molar-refractivity contribution is 5.59. The second kappa shape index (κ2) is 20.8. The van der Waals surface area contributed by atoms with Gasteiger partial charge in [0, 0.05) is 16.2 Å². The summed E-state index contributed by atoms with van der Waals surface area (Å²) in [6.07, 6.45) is -27.5. The molecule has 5 saturated carbocycles. The topological polar surface area (TPSA) is 363 Å². The molecule has 23 nitrogen and oxygen atoms in total. The molecule has 1 spiro atoms. The summed E-state index contributed by atoms with van der Waals surface area (Å²) >= 11 is 0. The number of rotatable bonds is 12. The van der Waals surface area contributed by atoms with E-state index in [1.807, 2.05) is 6.92 Å². The normalized spacial score (nSPS) is 58.3. The second-order valence-corrected chi connectivity index (χ2v) is 26.7. The maximum absolute atomic E-state index is 12.6. The molecule has 442 valence electrons. The minimum Gasteiger partial charge on any atom is -0.394 e. The molecule has 10 aliphatic rings. The van der Waals surface area contributed by atoms with Crippen LogP contribution >= 0.6 is 0 Å². The van der Waals surface area contributed by atoms with E-state index in [1.165, 1.54) is 6.92 Å². The van der Waals surface area contributed by atoms with Crippen molar-refractivity contribution in [2.45, 2.75) is 253 Å². The molecule has 23 heteroatoms. The van der Waals surface area contributed by atoms with Gasteiger partial charge in [-0.25, -0.2) is 0 Å². The van der Waals surface area contributed by atoms with Crippen molar-refractivity contribution < 1.29 is 114 Å². The molecule has 0 aromatic carbocycles. The highest BCUT2D eigenvalue weighted by atomic mass is 16.8. The fourth-order valence-electron chi connectivity index (χ4n) is 17.9. The summed E-state index contributed by atoms with van der Waals surface area (Å²) < 4.78 is 57.1. The molecule has 5 aliphatic heterocycles. The maximum atomic E-state index is 12.6. The fourth-order valence-corrected chi connectivity index (χ4v) is 17.9. The van der Waals surface area contributed by atoms with Crippen molar-refractivity contribution in [3.8, 4) is 0 Å². The Hall–Kier alpha value is -1.21. The van der Waals surface area contributed by atoms with Gasteiger partial charge < -0.3 is 114 Å². The Bertz CT molecular complexity index is 2110. The molecule has 10 fully saturated rings. The summed E-state index contributed by atoms with van der Waals surface area (Å²) in [5.41, 5.74) is -2.95. The Morgan fingerprint density at radius 1 is 0.506 bits per heavy atom. The number of hydrogen-bond acceptors (Lipinski definition) is 23. The van der Waals surface area contributed by atoms with Gasteiger partial charge in [0.05, 0.1) is 50.3 Å². The number of carbonyl (C=O) groups excluding carboxylic acids is 1. The van der Waals surface area contributed by atoms with Crippen LogP contribution in [0.25, 0.3) is 0 Å². The zero-order valence-electron chi connectivity index (χ0n) is 45.3. The van der Waals surface area contributed by atoms with Crippen molar-refractivity contribution in [1.29, 1.82) is 0 Å². The molecule has 5 heterocycles. The minimum atomic E-state index is -1.98. The number of carbonyl (C=O) groups is 1. The van der Waals surface area contributed by atoms with Gasteiger partial charge in [0.2, 0.25) is 0 Å². The average molecular weight is 1110 g/mol. The molecule has 0 radical (unpaired) electrons. The number of aldehydes is 1.